The van der Waals surface area contributed by atoms with Crippen molar-refractivity contribution in [3.05, 3.63) is 72.8 Å². The maximum Gasteiger partial charge on any atom is 0.361 e. The Kier molecular flexibility index (Phi) is 5.73. The van der Waals surface area contributed by atoms with E-state index in [0.29, 0.717) is 18.5 Å². The zero-order valence-electron chi connectivity index (χ0n) is 15.1. The lowest BCUT2D eigenvalue weighted by Crippen LogP contribution is -2.14. The lowest BCUT2D eigenvalue weighted by atomic mass is 9.94. The maximum atomic E-state index is 13.6. The van der Waals surface area contributed by atoms with Crippen molar-refractivity contribution >= 4 is 29.7 Å². The minimum absolute atomic E-state index is 0.312. The topological polar surface area (TPSA) is 35.5 Å². The average molecular weight is 366 g/mol. The molecule has 4 heteroatoms. The molecule has 0 aromatic heterocycles. The Morgan fingerprint density at radius 2 is 1.58 bits per heavy atom. The molecule has 0 saturated heterocycles. The molecule has 0 unspecified atom stereocenters. The van der Waals surface area contributed by atoms with E-state index in [-0.39, 0.29) is 0 Å². The Morgan fingerprint density at radius 3 is 2.27 bits per heavy atom. The maximum absolute atomic E-state index is 13.6. The molecule has 0 heterocycles. The number of hydrogen-bond acceptors (Lipinski definition) is 3. The van der Waals surface area contributed by atoms with Gasteiger partial charge in [-0.1, -0.05) is 67.3 Å². The van der Waals surface area contributed by atoms with Gasteiger partial charge in [-0.3, -0.25) is 4.57 Å². The standard InChI is InChI=1S/C22H23O3P/c1-4-17-11-7-9-13-19(17)22-20-14-10-8-12-18(20)15-16-21(22)26(23,24-5-2)25-6-3/h4,7-16H,1,5-6H2,2-3H3. The van der Waals surface area contributed by atoms with E-state index >= 15 is 0 Å². The predicted molar refractivity (Wildman–Crippen MR) is 110 cm³/mol. The van der Waals surface area contributed by atoms with Gasteiger partial charge in [0.15, 0.2) is 0 Å². The highest BCUT2D eigenvalue weighted by Gasteiger charge is 2.31. The average Bonchev–Trinajstić information content (AvgIpc) is 2.67. The summed E-state index contributed by atoms with van der Waals surface area (Å²) in [6.45, 7) is 8.20. The molecule has 0 amide bonds. The molecule has 0 saturated carbocycles. The van der Waals surface area contributed by atoms with Crippen LogP contribution in [0.15, 0.2) is 67.2 Å². The molecular formula is C22H23O3P. The van der Waals surface area contributed by atoms with E-state index in [2.05, 4.69) is 6.58 Å². The van der Waals surface area contributed by atoms with Crippen molar-refractivity contribution in [3.63, 3.8) is 0 Å². The van der Waals surface area contributed by atoms with Crippen LogP contribution in [0.3, 0.4) is 0 Å². The fourth-order valence-electron chi connectivity index (χ4n) is 3.19. The van der Waals surface area contributed by atoms with E-state index in [1.807, 2.05) is 80.6 Å². The first-order chi connectivity index (χ1) is 12.6. The highest BCUT2D eigenvalue weighted by molar-refractivity contribution is 7.62. The largest absolute Gasteiger partial charge is 0.361 e. The van der Waals surface area contributed by atoms with E-state index in [1.165, 1.54) is 0 Å². The third kappa shape index (κ3) is 3.39. The molecule has 0 aliphatic carbocycles. The molecule has 0 radical (unpaired) electrons. The van der Waals surface area contributed by atoms with Crippen LogP contribution in [0.1, 0.15) is 19.4 Å². The second kappa shape index (κ2) is 8.01. The molecule has 3 aromatic carbocycles. The summed E-state index contributed by atoms with van der Waals surface area (Å²) >= 11 is 0. The molecule has 0 aliphatic rings. The van der Waals surface area contributed by atoms with Crippen LogP contribution in [-0.4, -0.2) is 13.2 Å². The number of rotatable bonds is 7. The lowest BCUT2D eigenvalue weighted by molar-refractivity contribution is 0.230. The van der Waals surface area contributed by atoms with Crippen LogP contribution in [-0.2, 0) is 13.6 Å². The van der Waals surface area contributed by atoms with Crippen LogP contribution in [0.5, 0.6) is 0 Å². The van der Waals surface area contributed by atoms with Crippen molar-refractivity contribution in [1.29, 1.82) is 0 Å². The lowest BCUT2D eigenvalue weighted by Gasteiger charge is -2.22. The first-order valence-electron chi connectivity index (χ1n) is 8.78. The van der Waals surface area contributed by atoms with Crippen LogP contribution in [0.2, 0.25) is 0 Å². The zero-order chi connectivity index (χ0) is 18.6. The summed E-state index contributed by atoms with van der Waals surface area (Å²) in [4.78, 5) is 0. The summed E-state index contributed by atoms with van der Waals surface area (Å²) in [5, 5.41) is 2.68. The molecule has 0 bridgehead atoms. The van der Waals surface area contributed by atoms with E-state index in [9.17, 15) is 4.57 Å². The summed E-state index contributed by atoms with van der Waals surface area (Å²) in [6, 6.07) is 19.9. The van der Waals surface area contributed by atoms with E-state index in [1.54, 1.807) is 0 Å². The fraction of sp³-hybridized carbons (Fsp3) is 0.182. The normalized spacial score (nSPS) is 11.6. The summed E-state index contributed by atoms with van der Waals surface area (Å²) in [5.74, 6) is 0. The van der Waals surface area contributed by atoms with E-state index in [4.69, 9.17) is 9.05 Å². The molecular weight excluding hydrogens is 343 g/mol. The summed E-state index contributed by atoms with van der Waals surface area (Å²) in [7, 11) is -3.44. The highest BCUT2D eigenvalue weighted by Crippen LogP contribution is 2.50. The van der Waals surface area contributed by atoms with E-state index in [0.717, 1.165) is 27.5 Å². The SMILES string of the molecule is C=Cc1ccccc1-c1c(P(=O)(OCC)OCC)ccc2ccccc12. The van der Waals surface area contributed by atoms with Gasteiger partial charge >= 0.3 is 7.60 Å². The summed E-state index contributed by atoms with van der Waals surface area (Å²) in [6.07, 6.45) is 1.81. The van der Waals surface area contributed by atoms with Crippen LogP contribution in [0.4, 0.5) is 0 Å². The van der Waals surface area contributed by atoms with Crippen molar-refractivity contribution in [3.8, 4) is 11.1 Å². The van der Waals surface area contributed by atoms with Gasteiger partial charge in [0.2, 0.25) is 0 Å². The Bertz CT molecular complexity index is 968. The van der Waals surface area contributed by atoms with Gasteiger partial charge in [0, 0.05) is 5.56 Å². The molecule has 3 rings (SSSR count). The highest BCUT2D eigenvalue weighted by atomic mass is 31.2. The summed E-state index contributed by atoms with van der Waals surface area (Å²) in [5.41, 5.74) is 2.82. The minimum atomic E-state index is -3.44. The van der Waals surface area contributed by atoms with Gasteiger partial charge in [0.05, 0.1) is 18.5 Å². The van der Waals surface area contributed by atoms with Gasteiger partial charge in [-0.25, -0.2) is 0 Å². The first-order valence-corrected chi connectivity index (χ1v) is 10.3. The van der Waals surface area contributed by atoms with Gasteiger partial charge in [-0.15, -0.1) is 0 Å². The molecule has 0 atom stereocenters. The zero-order valence-corrected chi connectivity index (χ0v) is 16.0. The number of benzene rings is 3. The third-order valence-electron chi connectivity index (χ3n) is 4.25. The molecule has 3 nitrogen and oxygen atoms in total. The Morgan fingerprint density at radius 1 is 0.923 bits per heavy atom. The number of hydrogen-bond donors (Lipinski definition) is 0. The van der Waals surface area contributed by atoms with Crippen molar-refractivity contribution in [2.45, 2.75) is 13.8 Å². The van der Waals surface area contributed by atoms with Crippen molar-refractivity contribution in [2.75, 3.05) is 13.2 Å². The fourth-order valence-corrected chi connectivity index (χ4v) is 4.99. The second-order valence-corrected chi connectivity index (χ2v) is 7.80. The first kappa shape index (κ1) is 18.6. The van der Waals surface area contributed by atoms with Gasteiger partial charge in [-0.05, 0) is 41.8 Å². The molecule has 134 valence electrons. The summed E-state index contributed by atoms with van der Waals surface area (Å²) < 4.78 is 24.9. The molecule has 0 N–H and O–H groups in total. The Labute approximate surface area is 154 Å². The monoisotopic (exact) mass is 366 g/mol. The molecule has 0 aliphatic heterocycles. The quantitative estimate of drug-likeness (QED) is 0.478. The van der Waals surface area contributed by atoms with Crippen LogP contribution in [0.25, 0.3) is 28.0 Å². The van der Waals surface area contributed by atoms with Crippen LogP contribution >= 0.6 is 7.60 Å². The van der Waals surface area contributed by atoms with Gasteiger partial charge in [0.25, 0.3) is 0 Å². The molecule has 26 heavy (non-hydrogen) atoms. The van der Waals surface area contributed by atoms with Gasteiger partial charge in [-0.2, -0.15) is 0 Å². The van der Waals surface area contributed by atoms with Crippen LogP contribution < -0.4 is 5.30 Å². The van der Waals surface area contributed by atoms with Crippen molar-refractivity contribution < 1.29 is 13.6 Å². The minimum Gasteiger partial charge on any atom is -0.305 e. The molecule has 3 aromatic rings. The van der Waals surface area contributed by atoms with Crippen molar-refractivity contribution in [2.24, 2.45) is 0 Å². The van der Waals surface area contributed by atoms with Crippen LogP contribution in [0, 0.1) is 0 Å². The molecule has 0 spiro atoms. The molecule has 0 fully saturated rings. The second-order valence-electron chi connectivity index (χ2n) is 5.81. The predicted octanol–water partition coefficient (Wildman–Crippen LogP) is 6.04. The van der Waals surface area contributed by atoms with Gasteiger partial charge < -0.3 is 9.05 Å². The Balaban J connectivity index is 2.41. The van der Waals surface area contributed by atoms with Gasteiger partial charge in [0.1, 0.15) is 0 Å². The van der Waals surface area contributed by atoms with Crippen molar-refractivity contribution in [1.82, 2.24) is 0 Å². The Hall–Kier alpha value is -2.19. The third-order valence-corrected chi connectivity index (χ3v) is 6.41. The number of fused-ring (bicyclic) bond motifs is 1. The van der Waals surface area contributed by atoms with E-state index < -0.39 is 7.60 Å². The smallest absolute Gasteiger partial charge is 0.305 e.